The first kappa shape index (κ1) is 22.9. The lowest BCUT2D eigenvalue weighted by Gasteiger charge is -2.45. The minimum Gasteiger partial charge on any atom is -0.457 e. The minimum absolute atomic E-state index is 0.712. The predicted molar refractivity (Wildman–Crippen MR) is 90.5 cm³/mol. The average molecular weight is 453 g/mol. The van der Waals surface area contributed by atoms with Gasteiger partial charge in [0.1, 0.15) is 0 Å². The lowest BCUT2D eigenvalue weighted by molar-refractivity contribution is -0.227. The Bertz CT molecular complexity index is 574. The lowest BCUT2D eigenvalue weighted by Crippen LogP contribution is -2.66. The van der Waals surface area contributed by atoms with Gasteiger partial charge in [0.05, 0.1) is 4.83 Å². The quantitative estimate of drug-likeness (QED) is 0.328. The van der Waals surface area contributed by atoms with Gasteiger partial charge in [-0.25, -0.2) is 0 Å². The number of alkyl halides is 1. The van der Waals surface area contributed by atoms with Gasteiger partial charge in [0, 0.05) is 34.6 Å². The maximum Gasteiger partial charge on any atom is 0.303 e. The van der Waals surface area contributed by atoms with Gasteiger partial charge in [-0.3, -0.25) is 24.0 Å². The van der Waals surface area contributed by atoms with Gasteiger partial charge in [-0.05, 0) is 0 Å². The summed E-state index contributed by atoms with van der Waals surface area (Å²) in [7, 11) is 0. The molecule has 0 aliphatic heterocycles. The number of hydrogen-bond donors (Lipinski definition) is 0. The number of hydrogen-bond acceptors (Lipinski definition) is 10. The Morgan fingerprint density at radius 3 is 0.889 bits per heavy atom. The van der Waals surface area contributed by atoms with Gasteiger partial charge >= 0.3 is 29.8 Å². The maximum atomic E-state index is 11.6. The van der Waals surface area contributed by atoms with Crippen molar-refractivity contribution in [3.8, 4) is 0 Å². The highest BCUT2D eigenvalue weighted by Crippen LogP contribution is 2.36. The molecule has 0 spiro atoms. The second kappa shape index (κ2) is 9.67. The molecular weight excluding hydrogens is 432 g/mol. The van der Waals surface area contributed by atoms with E-state index in [1.54, 1.807) is 0 Å². The van der Waals surface area contributed by atoms with Crippen molar-refractivity contribution >= 4 is 45.8 Å². The number of carbonyl (C=O) groups is 5. The Morgan fingerprint density at radius 2 is 0.667 bits per heavy atom. The molecule has 1 rings (SSSR count). The number of rotatable bonds is 5. The first-order chi connectivity index (χ1) is 12.4. The third-order valence-corrected chi connectivity index (χ3v) is 4.48. The normalized spacial score (nSPS) is 29.9. The van der Waals surface area contributed by atoms with Gasteiger partial charge in [0.25, 0.3) is 0 Å². The van der Waals surface area contributed by atoms with Crippen LogP contribution in [0.2, 0.25) is 0 Å². The molecule has 0 aromatic carbocycles. The van der Waals surface area contributed by atoms with Crippen molar-refractivity contribution in [2.45, 2.75) is 70.0 Å². The van der Waals surface area contributed by atoms with Crippen LogP contribution in [0.4, 0.5) is 0 Å². The van der Waals surface area contributed by atoms with Crippen LogP contribution in [-0.2, 0) is 47.7 Å². The van der Waals surface area contributed by atoms with Crippen molar-refractivity contribution < 1.29 is 47.7 Å². The van der Waals surface area contributed by atoms with Crippen molar-refractivity contribution in [2.75, 3.05) is 0 Å². The number of esters is 5. The predicted octanol–water partition coefficient (Wildman–Crippen LogP) is 0.422. The molecule has 0 aromatic heterocycles. The van der Waals surface area contributed by atoms with Crippen LogP contribution in [0.25, 0.3) is 0 Å². The summed E-state index contributed by atoms with van der Waals surface area (Å²) in [6.07, 6.45) is -6.37. The minimum atomic E-state index is -1.38. The third-order valence-electron chi connectivity index (χ3n) is 3.43. The van der Waals surface area contributed by atoms with E-state index in [9.17, 15) is 24.0 Å². The fourth-order valence-corrected chi connectivity index (χ4v) is 3.55. The summed E-state index contributed by atoms with van der Waals surface area (Å²) in [5.74, 6) is -3.69. The van der Waals surface area contributed by atoms with Crippen molar-refractivity contribution in [2.24, 2.45) is 0 Å². The summed E-state index contributed by atoms with van der Waals surface area (Å²) in [5, 5.41) is 0. The zero-order valence-corrected chi connectivity index (χ0v) is 17.0. The van der Waals surface area contributed by atoms with Crippen LogP contribution in [0.15, 0.2) is 0 Å². The summed E-state index contributed by atoms with van der Waals surface area (Å²) in [4.78, 5) is 56.8. The molecule has 0 radical (unpaired) electrons. The highest BCUT2D eigenvalue weighted by molar-refractivity contribution is 9.09. The van der Waals surface area contributed by atoms with Gasteiger partial charge < -0.3 is 23.7 Å². The zero-order valence-electron chi connectivity index (χ0n) is 15.4. The molecule has 0 amide bonds. The summed E-state index contributed by atoms with van der Waals surface area (Å²) in [5.41, 5.74) is 0. The molecule has 27 heavy (non-hydrogen) atoms. The van der Waals surface area contributed by atoms with E-state index in [-0.39, 0.29) is 0 Å². The standard InChI is InChI=1S/C16H21BrO10/c1-6(18)23-12-11(17)13(24-7(2)19)15(26-9(4)21)16(27-10(5)22)14(12)25-8(3)20/h11-16H,1-5H3/t11?,12-,13+,14-,15-,16?/m1/s1. The molecule has 1 fully saturated rings. The SMILES string of the molecule is CC(=O)OC1[C@H](OC(C)=O)[C@H](OC(C)=O)C(Br)[C@H](OC(C)=O)[C@H]1OC(C)=O. The summed E-state index contributed by atoms with van der Waals surface area (Å²) in [6.45, 7) is 5.57. The summed E-state index contributed by atoms with van der Waals surface area (Å²) >= 11 is 3.26. The zero-order chi connectivity index (χ0) is 20.9. The maximum absolute atomic E-state index is 11.6. The van der Waals surface area contributed by atoms with Crippen molar-refractivity contribution in [3.63, 3.8) is 0 Å². The molecule has 0 heterocycles. The van der Waals surface area contributed by atoms with Gasteiger partial charge in [-0.15, -0.1) is 0 Å². The number of halogens is 1. The van der Waals surface area contributed by atoms with Crippen molar-refractivity contribution in [1.82, 2.24) is 0 Å². The van der Waals surface area contributed by atoms with Crippen LogP contribution in [0.1, 0.15) is 34.6 Å². The molecule has 2 unspecified atom stereocenters. The van der Waals surface area contributed by atoms with E-state index < -0.39 is 65.2 Å². The molecule has 1 aliphatic carbocycles. The Labute approximate surface area is 163 Å². The topological polar surface area (TPSA) is 132 Å². The third kappa shape index (κ3) is 6.49. The molecule has 152 valence electrons. The van der Waals surface area contributed by atoms with Gasteiger partial charge in [0.2, 0.25) is 0 Å². The van der Waals surface area contributed by atoms with E-state index in [4.69, 9.17) is 23.7 Å². The second-order valence-corrected chi connectivity index (χ2v) is 6.87. The Kier molecular flexibility index (Phi) is 8.20. The van der Waals surface area contributed by atoms with E-state index in [2.05, 4.69) is 15.9 Å². The first-order valence-corrected chi connectivity index (χ1v) is 8.85. The number of carbonyl (C=O) groups excluding carboxylic acids is 5. The Balaban J connectivity index is 3.46. The largest absolute Gasteiger partial charge is 0.457 e. The van der Waals surface area contributed by atoms with E-state index in [0.29, 0.717) is 0 Å². The molecule has 0 saturated heterocycles. The smallest absolute Gasteiger partial charge is 0.303 e. The Morgan fingerprint density at radius 1 is 0.481 bits per heavy atom. The van der Waals surface area contributed by atoms with E-state index >= 15 is 0 Å². The van der Waals surface area contributed by atoms with Gasteiger partial charge in [-0.1, -0.05) is 15.9 Å². The van der Waals surface area contributed by atoms with Crippen LogP contribution < -0.4 is 0 Å². The molecule has 6 atom stereocenters. The summed E-state index contributed by atoms with van der Waals surface area (Å²) in [6, 6.07) is 0. The molecule has 1 saturated carbocycles. The fourth-order valence-electron chi connectivity index (χ4n) is 2.73. The van der Waals surface area contributed by atoms with Crippen LogP contribution in [0.3, 0.4) is 0 Å². The monoisotopic (exact) mass is 452 g/mol. The molecule has 0 N–H and O–H groups in total. The van der Waals surface area contributed by atoms with Crippen LogP contribution in [0, 0.1) is 0 Å². The van der Waals surface area contributed by atoms with Gasteiger partial charge in [0.15, 0.2) is 30.5 Å². The van der Waals surface area contributed by atoms with E-state index in [1.165, 1.54) is 0 Å². The van der Waals surface area contributed by atoms with Crippen LogP contribution >= 0.6 is 15.9 Å². The first-order valence-electron chi connectivity index (χ1n) is 7.94. The van der Waals surface area contributed by atoms with Crippen molar-refractivity contribution in [3.05, 3.63) is 0 Å². The van der Waals surface area contributed by atoms with Crippen LogP contribution in [-0.4, -0.2) is 65.2 Å². The van der Waals surface area contributed by atoms with E-state index in [0.717, 1.165) is 34.6 Å². The summed E-state index contributed by atoms with van der Waals surface area (Å²) < 4.78 is 26.0. The molecular formula is C16H21BrO10. The number of ether oxygens (including phenoxy) is 5. The molecule has 10 nitrogen and oxygen atoms in total. The second-order valence-electron chi connectivity index (χ2n) is 5.81. The highest BCUT2D eigenvalue weighted by atomic mass is 79.9. The van der Waals surface area contributed by atoms with Crippen LogP contribution in [0.5, 0.6) is 0 Å². The highest BCUT2D eigenvalue weighted by Gasteiger charge is 2.58. The molecule has 0 aromatic rings. The fraction of sp³-hybridized carbons (Fsp3) is 0.688. The average Bonchev–Trinajstić information content (AvgIpc) is 2.49. The van der Waals surface area contributed by atoms with E-state index in [1.807, 2.05) is 0 Å². The Hall–Kier alpha value is -2.17. The van der Waals surface area contributed by atoms with Crippen molar-refractivity contribution in [1.29, 1.82) is 0 Å². The lowest BCUT2D eigenvalue weighted by atomic mass is 9.86. The molecule has 11 heteroatoms. The molecule has 1 aliphatic rings. The molecule has 0 bridgehead atoms. The van der Waals surface area contributed by atoms with Gasteiger partial charge in [-0.2, -0.15) is 0 Å².